The molecule has 0 radical (unpaired) electrons. The number of hydrogen-bond acceptors (Lipinski definition) is 3. The van der Waals surface area contributed by atoms with Crippen molar-refractivity contribution in [3.8, 4) is 16.1 Å². The topological polar surface area (TPSA) is 46.4 Å². The molecule has 4 nitrogen and oxygen atoms in total. The van der Waals surface area contributed by atoms with Crippen molar-refractivity contribution >= 4 is 34.8 Å². The number of carbonyl (C=O) groups is 1. The summed E-state index contributed by atoms with van der Waals surface area (Å²) >= 11 is 1.77. The van der Waals surface area contributed by atoms with Crippen LogP contribution in [-0.4, -0.2) is 16.7 Å². The Kier molecular flexibility index (Phi) is 7.23. The van der Waals surface area contributed by atoms with Gasteiger partial charge in [0.15, 0.2) is 0 Å². The average Bonchev–Trinajstić information content (AvgIpc) is 3.49. The van der Waals surface area contributed by atoms with Gasteiger partial charge in [0.25, 0.3) is 5.91 Å². The van der Waals surface area contributed by atoms with Gasteiger partial charge in [-0.05, 0) is 93.5 Å². The largest absolute Gasteiger partial charge is 0.322 e. The quantitative estimate of drug-likeness (QED) is 0.213. The Hall–Kier alpha value is -4.22. The van der Waals surface area contributed by atoms with Gasteiger partial charge in [0.05, 0.1) is 11.3 Å². The summed E-state index contributed by atoms with van der Waals surface area (Å²) in [5.41, 5.74) is 10.6. The van der Waals surface area contributed by atoms with Gasteiger partial charge in [0.1, 0.15) is 5.00 Å². The second-order valence-corrected chi connectivity index (χ2v) is 11.6. The fourth-order valence-electron chi connectivity index (χ4n) is 5.52. The zero-order valence-electron chi connectivity index (χ0n) is 23.2. The second kappa shape index (κ2) is 11.1. The van der Waals surface area contributed by atoms with Crippen LogP contribution in [0.15, 0.2) is 89.9 Å². The molecule has 1 amide bonds. The molecule has 1 N–H and O–H groups in total. The van der Waals surface area contributed by atoms with Gasteiger partial charge < -0.3 is 9.88 Å². The number of amides is 1. The van der Waals surface area contributed by atoms with E-state index in [0.29, 0.717) is 0 Å². The molecule has 0 unspecified atom stereocenters. The number of nitrogens with zero attached hydrogens (tertiary/aromatic N) is 2. The molecule has 0 atom stereocenters. The number of hydrogen-bond donors (Lipinski definition) is 1. The van der Waals surface area contributed by atoms with E-state index < -0.39 is 0 Å². The number of fused-ring (bicyclic) bond motifs is 1. The first-order chi connectivity index (χ1) is 19.5. The Morgan fingerprint density at radius 1 is 0.875 bits per heavy atom. The number of benzene rings is 3. The fourth-order valence-corrected chi connectivity index (χ4v) is 7.02. The van der Waals surface area contributed by atoms with E-state index in [9.17, 15) is 4.79 Å². The summed E-state index contributed by atoms with van der Waals surface area (Å²) in [5.74, 6) is -0.0283. The zero-order chi connectivity index (χ0) is 27.6. The van der Waals surface area contributed by atoms with Gasteiger partial charge in [0, 0.05) is 33.7 Å². The van der Waals surface area contributed by atoms with Crippen molar-refractivity contribution in [3.05, 3.63) is 123 Å². The molecular weight excluding hydrogens is 510 g/mol. The van der Waals surface area contributed by atoms with Crippen molar-refractivity contribution in [2.45, 2.75) is 46.5 Å². The SMILES string of the molecule is Cc1ccc(NC(=O)c2c(-n3c(C)cc(C=Nc4ccc(-c5ccccc5)cc4)c3C)sc3c2CCCC3)cc1. The first-order valence-electron chi connectivity index (χ1n) is 13.9. The predicted octanol–water partition coefficient (Wildman–Crippen LogP) is 9.01. The number of rotatable bonds is 6. The summed E-state index contributed by atoms with van der Waals surface area (Å²) < 4.78 is 2.24. The van der Waals surface area contributed by atoms with E-state index in [-0.39, 0.29) is 5.91 Å². The summed E-state index contributed by atoms with van der Waals surface area (Å²) in [4.78, 5) is 19.9. The van der Waals surface area contributed by atoms with Gasteiger partial charge in [-0.15, -0.1) is 11.3 Å². The average molecular weight is 544 g/mol. The first kappa shape index (κ1) is 26.0. The van der Waals surface area contributed by atoms with Gasteiger partial charge in [-0.1, -0.05) is 60.2 Å². The maximum absolute atomic E-state index is 13.8. The third kappa shape index (κ3) is 5.17. The van der Waals surface area contributed by atoms with Crippen LogP contribution >= 0.6 is 11.3 Å². The van der Waals surface area contributed by atoms with E-state index in [1.165, 1.54) is 33.6 Å². The third-order valence-corrected chi connectivity index (χ3v) is 8.97. The van der Waals surface area contributed by atoms with Crippen LogP contribution in [0.25, 0.3) is 16.1 Å². The lowest BCUT2D eigenvalue weighted by molar-refractivity contribution is 0.102. The van der Waals surface area contributed by atoms with Crippen molar-refractivity contribution in [2.24, 2.45) is 4.99 Å². The smallest absolute Gasteiger partial charge is 0.258 e. The summed E-state index contributed by atoms with van der Waals surface area (Å²) in [6.45, 7) is 6.28. The van der Waals surface area contributed by atoms with Crippen LogP contribution in [0.4, 0.5) is 11.4 Å². The van der Waals surface area contributed by atoms with E-state index >= 15 is 0 Å². The number of aryl methyl sites for hydroxylation is 3. The molecule has 6 rings (SSSR count). The monoisotopic (exact) mass is 543 g/mol. The lowest BCUT2D eigenvalue weighted by atomic mass is 9.95. The maximum Gasteiger partial charge on any atom is 0.258 e. The van der Waals surface area contributed by atoms with E-state index in [0.717, 1.165) is 58.2 Å². The van der Waals surface area contributed by atoms with Gasteiger partial charge in [0.2, 0.25) is 0 Å². The number of anilines is 1. The van der Waals surface area contributed by atoms with Gasteiger partial charge in [-0.2, -0.15) is 0 Å². The summed E-state index contributed by atoms with van der Waals surface area (Å²) in [6.07, 6.45) is 6.23. The Balaban J connectivity index is 1.32. The molecule has 5 heteroatoms. The van der Waals surface area contributed by atoms with Crippen molar-refractivity contribution in [1.82, 2.24) is 4.57 Å². The molecule has 200 valence electrons. The fraction of sp³-hybridized carbons (Fsp3) is 0.200. The Morgan fingerprint density at radius 2 is 1.57 bits per heavy atom. The normalized spacial score (nSPS) is 13.0. The minimum atomic E-state index is -0.0283. The molecule has 40 heavy (non-hydrogen) atoms. The Morgan fingerprint density at radius 3 is 2.33 bits per heavy atom. The number of nitrogens with one attached hydrogen (secondary N) is 1. The van der Waals surface area contributed by atoms with Crippen molar-refractivity contribution < 1.29 is 4.79 Å². The van der Waals surface area contributed by atoms with E-state index in [2.05, 4.69) is 85.3 Å². The molecule has 5 aromatic rings. The van der Waals surface area contributed by atoms with E-state index in [4.69, 9.17) is 4.99 Å². The second-order valence-electron chi connectivity index (χ2n) is 10.5. The van der Waals surface area contributed by atoms with Crippen LogP contribution in [-0.2, 0) is 12.8 Å². The number of aliphatic imine (C=N–C) groups is 1. The molecule has 0 spiro atoms. The third-order valence-electron chi connectivity index (χ3n) is 7.69. The molecule has 0 bridgehead atoms. The van der Waals surface area contributed by atoms with Crippen LogP contribution in [0.5, 0.6) is 0 Å². The molecule has 1 aliphatic carbocycles. The zero-order valence-corrected chi connectivity index (χ0v) is 24.0. The number of carbonyl (C=O) groups excluding carboxylic acids is 1. The highest BCUT2D eigenvalue weighted by Gasteiger charge is 2.28. The highest BCUT2D eigenvalue weighted by Crippen LogP contribution is 2.39. The van der Waals surface area contributed by atoms with E-state index in [1.54, 1.807) is 11.3 Å². The van der Waals surface area contributed by atoms with Gasteiger partial charge in [-0.25, -0.2) is 0 Å². The predicted molar refractivity (Wildman–Crippen MR) is 168 cm³/mol. The molecule has 0 fully saturated rings. The highest BCUT2D eigenvalue weighted by molar-refractivity contribution is 7.15. The summed E-state index contributed by atoms with van der Waals surface area (Å²) in [7, 11) is 0. The summed E-state index contributed by atoms with van der Waals surface area (Å²) in [6, 6.07) is 28.9. The lowest BCUT2D eigenvalue weighted by Crippen LogP contribution is -2.17. The maximum atomic E-state index is 13.8. The van der Waals surface area contributed by atoms with Crippen LogP contribution in [0.3, 0.4) is 0 Å². The van der Waals surface area contributed by atoms with Crippen LogP contribution in [0.1, 0.15) is 56.2 Å². The lowest BCUT2D eigenvalue weighted by Gasteiger charge is -2.14. The highest BCUT2D eigenvalue weighted by atomic mass is 32.1. The van der Waals surface area contributed by atoms with E-state index in [1.807, 2.05) is 36.5 Å². The van der Waals surface area contributed by atoms with Gasteiger partial charge >= 0.3 is 0 Å². The van der Waals surface area contributed by atoms with Crippen LogP contribution < -0.4 is 5.32 Å². The molecule has 0 saturated carbocycles. The van der Waals surface area contributed by atoms with Crippen molar-refractivity contribution in [1.29, 1.82) is 0 Å². The molecule has 1 aliphatic rings. The Bertz CT molecular complexity index is 1690. The molecule has 0 aliphatic heterocycles. The van der Waals surface area contributed by atoms with Crippen molar-refractivity contribution in [2.75, 3.05) is 5.32 Å². The minimum Gasteiger partial charge on any atom is -0.322 e. The minimum absolute atomic E-state index is 0.0283. The molecule has 2 aromatic heterocycles. The van der Waals surface area contributed by atoms with Crippen molar-refractivity contribution in [3.63, 3.8) is 0 Å². The van der Waals surface area contributed by atoms with Crippen LogP contribution in [0, 0.1) is 20.8 Å². The van der Waals surface area contributed by atoms with Gasteiger partial charge in [-0.3, -0.25) is 9.79 Å². The number of thiophene rings is 1. The standard InChI is InChI=1S/C35H33N3OS/c1-23-13-17-30(18-14-23)37-34(39)33-31-11-7-8-12-32(31)40-35(33)38-24(2)21-28(25(38)3)22-36-29-19-15-27(16-20-29)26-9-5-4-6-10-26/h4-6,9-10,13-22H,7-8,11-12H2,1-3H3,(H,37,39). The van der Waals surface area contributed by atoms with Crippen LogP contribution in [0.2, 0.25) is 0 Å². The Labute approximate surface area is 240 Å². The molecular formula is C35H33N3OS. The first-order valence-corrected chi connectivity index (χ1v) is 14.7. The molecule has 2 heterocycles. The molecule has 0 saturated heterocycles. The molecule has 3 aromatic carbocycles. The number of aromatic nitrogens is 1. The summed E-state index contributed by atoms with van der Waals surface area (Å²) in [5, 5.41) is 4.18.